The van der Waals surface area contributed by atoms with Gasteiger partial charge in [0.15, 0.2) is 0 Å². The molecule has 3 aromatic carbocycles. The van der Waals surface area contributed by atoms with Crippen LogP contribution >= 0.6 is 0 Å². The monoisotopic (exact) mass is 369 g/mol. The summed E-state index contributed by atoms with van der Waals surface area (Å²) in [7, 11) is 1.68. The van der Waals surface area contributed by atoms with Gasteiger partial charge in [0.1, 0.15) is 11.8 Å². The zero-order valence-electron chi connectivity index (χ0n) is 16.8. The van der Waals surface area contributed by atoms with Gasteiger partial charge in [-0.3, -0.25) is 0 Å². The van der Waals surface area contributed by atoms with E-state index in [2.05, 4.69) is 73.5 Å². The zero-order chi connectivity index (χ0) is 19.8. The molecule has 0 heterocycles. The molecule has 0 unspecified atom stereocenters. The summed E-state index contributed by atoms with van der Waals surface area (Å²) in [5, 5.41) is 3.58. The lowest BCUT2D eigenvalue weighted by atomic mass is 9.99. The summed E-state index contributed by atoms with van der Waals surface area (Å²) in [6.07, 6.45) is 1.81. The predicted octanol–water partition coefficient (Wildman–Crippen LogP) is 6.10. The van der Waals surface area contributed by atoms with Crippen molar-refractivity contribution in [2.24, 2.45) is 0 Å². The van der Waals surface area contributed by atoms with Crippen LogP contribution in [0.1, 0.15) is 34.7 Å². The average molecular weight is 370 g/mol. The van der Waals surface area contributed by atoms with Crippen LogP contribution in [0.2, 0.25) is 0 Å². The van der Waals surface area contributed by atoms with Gasteiger partial charge in [-0.05, 0) is 61.2 Å². The van der Waals surface area contributed by atoms with Crippen LogP contribution in [0.3, 0.4) is 0 Å². The minimum absolute atomic E-state index is 0.0511. The van der Waals surface area contributed by atoms with Gasteiger partial charge in [-0.1, -0.05) is 60.0 Å². The van der Waals surface area contributed by atoms with Crippen molar-refractivity contribution < 1.29 is 4.74 Å². The molecule has 2 nitrogen and oxygen atoms in total. The molecule has 0 amide bonds. The number of methoxy groups -OCH3 is 1. The molecule has 0 aliphatic heterocycles. The molecular weight excluding hydrogens is 342 g/mol. The van der Waals surface area contributed by atoms with Gasteiger partial charge < -0.3 is 10.1 Å². The first-order valence-electron chi connectivity index (χ1n) is 9.66. The van der Waals surface area contributed by atoms with E-state index >= 15 is 0 Å². The Morgan fingerprint density at radius 2 is 1.68 bits per heavy atom. The fourth-order valence-electron chi connectivity index (χ4n) is 3.22. The largest absolute Gasteiger partial charge is 0.497 e. The van der Waals surface area contributed by atoms with E-state index in [0.717, 1.165) is 24.3 Å². The van der Waals surface area contributed by atoms with Crippen molar-refractivity contribution in [3.63, 3.8) is 0 Å². The van der Waals surface area contributed by atoms with E-state index < -0.39 is 0 Å². The van der Waals surface area contributed by atoms with Gasteiger partial charge in [-0.25, -0.2) is 0 Å². The number of nitrogens with one attached hydrogen (secondary N) is 1. The van der Waals surface area contributed by atoms with Crippen LogP contribution in [0.25, 0.3) is 0 Å². The van der Waals surface area contributed by atoms with Crippen molar-refractivity contribution in [2.75, 3.05) is 12.4 Å². The second-order valence-electron chi connectivity index (χ2n) is 6.97. The first-order valence-corrected chi connectivity index (χ1v) is 9.66. The van der Waals surface area contributed by atoms with Crippen LogP contribution in [-0.2, 0) is 6.42 Å². The average Bonchev–Trinajstić information content (AvgIpc) is 2.72. The summed E-state index contributed by atoms with van der Waals surface area (Å²) in [5.41, 5.74) is 6.09. The van der Waals surface area contributed by atoms with Gasteiger partial charge in [0.05, 0.1) is 7.11 Å². The van der Waals surface area contributed by atoms with Crippen LogP contribution in [0.5, 0.6) is 5.75 Å². The Balaban J connectivity index is 1.78. The fraction of sp³-hybridized carbons (Fsp3) is 0.231. The number of rotatable bonds is 6. The number of aryl methyl sites for hydroxylation is 3. The first-order chi connectivity index (χ1) is 13.7. The summed E-state index contributed by atoms with van der Waals surface area (Å²) in [6, 6.07) is 25.0. The summed E-state index contributed by atoms with van der Waals surface area (Å²) < 4.78 is 5.26. The molecule has 142 valence electrons. The van der Waals surface area contributed by atoms with Crippen LogP contribution < -0.4 is 10.1 Å². The molecule has 0 radical (unpaired) electrons. The topological polar surface area (TPSA) is 21.3 Å². The molecule has 0 bridgehead atoms. The van der Waals surface area contributed by atoms with Crippen LogP contribution in [-0.4, -0.2) is 7.11 Å². The molecule has 0 saturated carbocycles. The third-order valence-corrected chi connectivity index (χ3v) is 4.77. The Kier molecular flexibility index (Phi) is 6.76. The van der Waals surface area contributed by atoms with Crippen LogP contribution in [0.4, 0.5) is 5.69 Å². The lowest BCUT2D eigenvalue weighted by Crippen LogP contribution is -2.10. The minimum Gasteiger partial charge on any atom is -0.497 e. The molecule has 0 aliphatic carbocycles. The molecule has 1 atom stereocenters. The van der Waals surface area contributed by atoms with E-state index in [1.807, 2.05) is 30.3 Å². The molecule has 0 saturated heterocycles. The Labute approximate surface area is 168 Å². The van der Waals surface area contributed by atoms with E-state index in [1.54, 1.807) is 7.11 Å². The fourth-order valence-corrected chi connectivity index (χ4v) is 3.22. The van der Waals surface area contributed by atoms with Gasteiger partial charge in [-0.2, -0.15) is 0 Å². The second-order valence-corrected chi connectivity index (χ2v) is 6.97. The smallest absolute Gasteiger partial charge is 0.119 e. The third kappa shape index (κ3) is 5.41. The van der Waals surface area contributed by atoms with Crippen molar-refractivity contribution in [2.45, 2.75) is 32.7 Å². The van der Waals surface area contributed by atoms with E-state index in [-0.39, 0.29) is 6.04 Å². The van der Waals surface area contributed by atoms with Crippen LogP contribution in [0, 0.1) is 25.7 Å². The molecule has 0 fully saturated rings. The zero-order valence-corrected chi connectivity index (χ0v) is 16.8. The van der Waals surface area contributed by atoms with Crippen molar-refractivity contribution in [1.29, 1.82) is 0 Å². The van der Waals surface area contributed by atoms with E-state index in [1.165, 1.54) is 22.3 Å². The molecule has 28 heavy (non-hydrogen) atoms. The summed E-state index contributed by atoms with van der Waals surface area (Å²) in [4.78, 5) is 0. The van der Waals surface area contributed by atoms with E-state index in [9.17, 15) is 0 Å². The lowest BCUT2D eigenvalue weighted by molar-refractivity contribution is 0.415. The maximum Gasteiger partial charge on any atom is 0.119 e. The third-order valence-electron chi connectivity index (χ3n) is 4.77. The highest BCUT2D eigenvalue weighted by Crippen LogP contribution is 2.24. The van der Waals surface area contributed by atoms with E-state index in [4.69, 9.17) is 4.74 Å². The van der Waals surface area contributed by atoms with Crippen molar-refractivity contribution >= 4 is 5.69 Å². The molecule has 0 spiro atoms. The highest BCUT2D eigenvalue weighted by Gasteiger charge is 2.11. The Hall–Kier alpha value is -3.18. The molecule has 3 aromatic rings. The van der Waals surface area contributed by atoms with Gasteiger partial charge >= 0.3 is 0 Å². The van der Waals surface area contributed by atoms with Gasteiger partial charge in [0.2, 0.25) is 0 Å². The molecule has 0 aliphatic rings. The molecule has 1 N–H and O–H groups in total. The number of hydrogen-bond acceptors (Lipinski definition) is 2. The Bertz CT molecular complexity index is 949. The Morgan fingerprint density at radius 3 is 2.36 bits per heavy atom. The van der Waals surface area contributed by atoms with Gasteiger partial charge in [0, 0.05) is 12.1 Å². The number of benzene rings is 3. The predicted molar refractivity (Wildman–Crippen MR) is 118 cm³/mol. The number of hydrogen-bond donors (Lipinski definition) is 1. The van der Waals surface area contributed by atoms with Crippen LogP contribution in [0.15, 0.2) is 72.8 Å². The summed E-state index contributed by atoms with van der Waals surface area (Å²) >= 11 is 0. The molecule has 0 aromatic heterocycles. The van der Waals surface area contributed by atoms with Crippen molar-refractivity contribution in [1.82, 2.24) is 0 Å². The van der Waals surface area contributed by atoms with E-state index in [0.29, 0.717) is 0 Å². The highest BCUT2D eigenvalue weighted by molar-refractivity contribution is 5.51. The maximum atomic E-state index is 5.26. The van der Waals surface area contributed by atoms with Gasteiger partial charge in [-0.15, -0.1) is 5.92 Å². The first kappa shape index (κ1) is 19.6. The molecular formula is C26H27NO. The summed E-state index contributed by atoms with van der Waals surface area (Å²) in [6.45, 7) is 4.27. The lowest BCUT2D eigenvalue weighted by Gasteiger charge is -2.18. The second kappa shape index (κ2) is 9.67. The summed E-state index contributed by atoms with van der Waals surface area (Å²) in [5.74, 6) is 7.68. The normalized spacial score (nSPS) is 11.2. The highest BCUT2D eigenvalue weighted by atomic mass is 16.5. The van der Waals surface area contributed by atoms with Crippen molar-refractivity contribution in [3.05, 3.63) is 95.1 Å². The standard InChI is InChI=1S/C26H27NO/c1-20-13-18-25(21(2)19-20)26(27-23-14-16-24(28-3)17-15-23)12-8-7-11-22-9-5-4-6-10-22/h4-6,9-10,13-19,26-27H,7,11H2,1-3H3/t26-/m0/s1. The molecule has 3 rings (SSSR count). The Morgan fingerprint density at radius 1 is 0.929 bits per heavy atom. The minimum atomic E-state index is -0.0511. The quantitative estimate of drug-likeness (QED) is 0.530. The molecule has 2 heteroatoms. The number of ether oxygens (including phenoxy) is 1. The SMILES string of the molecule is COc1ccc(N[C@@H](C#CCCc2ccccc2)c2ccc(C)cc2C)cc1. The van der Waals surface area contributed by atoms with Gasteiger partial charge in [0.25, 0.3) is 0 Å². The maximum absolute atomic E-state index is 5.26. The number of anilines is 1. The van der Waals surface area contributed by atoms with Crippen molar-refractivity contribution in [3.8, 4) is 17.6 Å².